The molecule has 22 heavy (non-hydrogen) atoms. The van der Waals surface area contributed by atoms with E-state index in [0.717, 1.165) is 5.75 Å². The van der Waals surface area contributed by atoms with Gasteiger partial charge in [-0.1, -0.05) is 91.0 Å². The molecule has 0 heterocycles. The van der Waals surface area contributed by atoms with E-state index in [4.69, 9.17) is 0 Å². The first-order valence-electron chi connectivity index (χ1n) is 7.47. The first kappa shape index (κ1) is 14.9. The fourth-order valence-corrected chi connectivity index (χ4v) is 4.14. The monoisotopic (exact) mass is 303 g/mol. The van der Waals surface area contributed by atoms with Crippen LogP contribution in [-0.2, 0) is 4.75 Å². The Morgan fingerprint density at radius 2 is 0.909 bits per heavy atom. The number of thioether (sulfide) groups is 1. The van der Waals surface area contributed by atoms with E-state index >= 15 is 0 Å². The number of hydrogen-bond donors (Lipinski definition) is 0. The predicted octanol–water partition coefficient (Wildman–Crippen LogP) is 5.55. The first-order chi connectivity index (χ1) is 10.9. The summed E-state index contributed by atoms with van der Waals surface area (Å²) in [5, 5.41) is 0. The maximum Gasteiger partial charge on any atom is 0.0906 e. The summed E-state index contributed by atoms with van der Waals surface area (Å²) in [6.45, 7) is 4.11. The van der Waals surface area contributed by atoms with E-state index in [1.807, 2.05) is 11.8 Å². The van der Waals surface area contributed by atoms with Crippen LogP contribution in [0.4, 0.5) is 0 Å². The highest BCUT2D eigenvalue weighted by atomic mass is 32.2. The summed E-state index contributed by atoms with van der Waals surface area (Å²) in [5.41, 5.74) is 3.88. The maximum absolute atomic E-state index is 4.11. The summed E-state index contributed by atoms with van der Waals surface area (Å²) in [4.78, 5) is 0. The standard InChI is InChI=1S/C21H19S/c1-2-22-21(18-12-6-3-7-13-18,19-14-8-4-9-15-19)20-16-10-5-11-17-20/h3-17H,1-2H2. The fourth-order valence-electron chi connectivity index (χ4n) is 2.92. The number of rotatable bonds is 5. The van der Waals surface area contributed by atoms with E-state index in [-0.39, 0.29) is 4.75 Å². The minimum absolute atomic E-state index is 0.217. The fraction of sp³-hybridized carbons (Fsp3) is 0.0952. The maximum atomic E-state index is 4.11. The van der Waals surface area contributed by atoms with Crippen molar-refractivity contribution >= 4 is 11.8 Å². The Hall–Kier alpha value is -1.99. The van der Waals surface area contributed by atoms with Gasteiger partial charge in [0.25, 0.3) is 0 Å². The van der Waals surface area contributed by atoms with Crippen molar-refractivity contribution in [1.82, 2.24) is 0 Å². The van der Waals surface area contributed by atoms with E-state index in [1.165, 1.54) is 16.7 Å². The summed E-state index contributed by atoms with van der Waals surface area (Å²) in [5.74, 6) is 0.804. The lowest BCUT2D eigenvalue weighted by atomic mass is 9.84. The Kier molecular flexibility index (Phi) is 4.65. The van der Waals surface area contributed by atoms with Crippen LogP contribution in [0.15, 0.2) is 91.0 Å². The van der Waals surface area contributed by atoms with Gasteiger partial charge in [-0.3, -0.25) is 0 Å². The largest absolute Gasteiger partial charge is 0.141 e. The van der Waals surface area contributed by atoms with E-state index in [2.05, 4.69) is 97.9 Å². The van der Waals surface area contributed by atoms with Crippen molar-refractivity contribution in [2.75, 3.05) is 5.75 Å². The zero-order chi connectivity index (χ0) is 15.3. The molecule has 109 valence electrons. The van der Waals surface area contributed by atoms with Crippen molar-refractivity contribution in [2.45, 2.75) is 4.75 Å². The van der Waals surface area contributed by atoms with Gasteiger partial charge in [0.05, 0.1) is 4.75 Å². The second kappa shape index (κ2) is 6.85. The van der Waals surface area contributed by atoms with Crippen LogP contribution in [0, 0.1) is 6.92 Å². The highest BCUT2D eigenvalue weighted by Gasteiger charge is 2.36. The highest BCUT2D eigenvalue weighted by Crippen LogP contribution is 2.48. The average Bonchev–Trinajstić information content (AvgIpc) is 2.62. The molecule has 0 saturated carbocycles. The van der Waals surface area contributed by atoms with Gasteiger partial charge in [0.15, 0.2) is 0 Å². The third-order valence-corrected chi connectivity index (χ3v) is 5.20. The topological polar surface area (TPSA) is 0 Å². The molecule has 1 radical (unpaired) electrons. The second-order valence-corrected chi connectivity index (χ2v) is 6.44. The molecule has 0 amide bonds. The van der Waals surface area contributed by atoms with Gasteiger partial charge in [-0.2, -0.15) is 0 Å². The molecular weight excluding hydrogens is 284 g/mol. The Bertz CT molecular complexity index is 593. The second-order valence-electron chi connectivity index (χ2n) is 5.13. The summed E-state index contributed by atoms with van der Waals surface area (Å²) in [7, 11) is 0. The van der Waals surface area contributed by atoms with Crippen molar-refractivity contribution in [3.63, 3.8) is 0 Å². The number of hydrogen-bond acceptors (Lipinski definition) is 1. The number of benzene rings is 3. The van der Waals surface area contributed by atoms with Crippen LogP contribution in [0.2, 0.25) is 0 Å². The van der Waals surface area contributed by atoms with Gasteiger partial charge in [-0.25, -0.2) is 0 Å². The summed E-state index contributed by atoms with van der Waals surface area (Å²) in [6, 6.07) is 32.1. The molecule has 3 rings (SSSR count). The molecule has 3 aromatic rings. The first-order valence-corrected chi connectivity index (χ1v) is 8.46. The molecule has 0 aliphatic rings. The van der Waals surface area contributed by atoms with Gasteiger partial charge in [0.1, 0.15) is 0 Å². The third-order valence-electron chi connectivity index (χ3n) is 3.86. The molecule has 0 unspecified atom stereocenters. The van der Waals surface area contributed by atoms with E-state index in [1.54, 1.807) is 0 Å². The summed E-state index contributed by atoms with van der Waals surface area (Å²) >= 11 is 1.87. The van der Waals surface area contributed by atoms with Crippen LogP contribution in [0.1, 0.15) is 16.7 Å². The van der Waals surface area contributed by atoms with Crippen LogP contribution < -0.4 is 0 Å². The molecule has 0 aliphatic carbocycles. The molecule has 0 aromatic heterocycles. The van der Waals surface area contributed by atoms with Gasteiger partial charge in [-0.05, 0) is 29.4 Å². The van der Waals surface area contributed by atoms with Gasteiger partial charge >= 0.3 is 0 Å². The molecule has 3 aromatic carbocycles. The van der Waals surface area contributed by atoms with Crippen LogP contribution in [0.3, 0.4) is 0 Å². The Balaban J connectivity index is 2.29. The molecule has 0 spiro atoms. The van der Waals surface area contributed by atoms with Crippen LogP contribution in [0.5, 0.6) is 0 Å². The predicted molar refractivity (Wildman–Crippen MR) is 97.0 cm³/mol. The molecule has 1 heteroatoms. The van der Waals surface area contributed by atoms with Gasteiger partial charge in [-0.15, -0.1) is 11.8 Å². The van der Waals surface area contributed by atoms with Crippen molar-refractivity contribution in [2.24, 2.45) is 0 Å². The van der Waals surface area contributed by atoms with Crippen molar-refractivity contribution in [3.8, 4) is 0 Å². The van der Waals surface area contributed by atoms with Gasteiger partial charge < -0.3 is 0 Å². The molecule has 0 atom stereocenters. The Morgan fingerprint density at radius 1 is 0.591 bits per heavy atom. The quantitative estimate of drug-likeness (QED) is 0.557. The third kappa shape index (κ3) is 2.69. The molecule has 0 fully saturated rings. The van der Waals surface area contributed by atoms with E-state index in [9.17, 15) is 0 Å². The van der Waals surface area contributed by atoms with Crippen molar-refractivity contribution in [1.29, 1.82) is 0 Å². The minimum atomic E-state index is -0.217. The van der Waals surface area contributed by atoms with Crippen LogP contribution in [0.25, 0.3) is 0 Å². The van der Waals surface area contributed by atoms with Crippen LogP contribution in [-0.4, -0.2) is 5.75 Å². The van der Waals surface area contributed by atoms with Gasteiger partial charge in [0, 0.05) is 0 Å². The highest BCUT2D eigenvalue weighted by molar-refractivity contribution is 8.00. The van der Waals surface area contributed by atoms with Crippen molar-refractivity contribution < 1.29 is 0 Å². The molecule has 0 N–H and O–H groups in total. The smallest absolute Gasteiger partial charge is 0.0906 e. The van der Waals surface area contributed by atoms with Crippen LogP contribution >= 0.6 is 11.8 Å². The SMILES string of the molecule is [CH2]CSC(c1ccccc1)(c1ccccc1)c1ccccc1. The molecule has 0 nitrogen and oxygen atoms in total. The lowest BCUT2D eigenvalue weighted by Gasteiger charge is -2.35. The Morgan fingerprint density at radius 3 is 1.18 bits per heavy atom. The molecule has 0 bridgehead atoms. The minimum Gasteiger partial charge on any atom is -0.141 e. The zero-order valence-corrected chi connectivity index (χ0v) is 13.3. The molecule has 0 saturated heterocycles. The van der Waals surface area contributed by atoms with E-state index in [0.29, 0.717) is 0 Å². The van der Waals surface area contributed by atoms with Gasteiger partial charge in [0.2, 0.25) is 0 Å². The summed E-state index contributed by atoms with van der Waals surface area (Å²) in [6.07, 6.45) is 0. The lowest BCUT2D eigenvalue weighted by Crippen LogP contribution is -2.25. The summed E-state index contributed by atoms with van der Waals surface area (Å²) < 4.78 is -0.217. The average molecular weight is 303 g/mol. The lowest BCUT2D eigenvalue weighted by molar-refractivity contribution is 0.896. The normalized spacial score (nSPS) is 11.3. The Labute approximate surface area is 137 Å². The van der Waals surface area contributed by atoms with E-state index < -0.39 is 0 Å². The molecular formula is C21H19S. The zero-order valence-electron chi connectivity index (χ0n) is 12.5. The van der Waals surface area contributed by atoms with Crippen molar-refractivity contribution in [3.05, 3.63) is 115 Å². The molecule has 0 aliphatic heterocycles.